The van der Waals surface area contributed by atoms with Crippen molar-refractivity contribution >= 4 is 41.3 Å². The van der Waals surface area contributed by atoms with E-state index < -0.39 is 17.9 Å². The van der Waals surface area contributed by atoms with E-state index in [1.807, 2.05) is 6.92 Å². The average molecular weight is 535 g/mol. The molecule has 3 heterocycles. The number of likely N-dealkylation sites (N-methyl/N-ethyl adjacent to an activating group) is 1. The monoisotopic (exact) mass is 534 g/mol. The minimum absolute atomic E-state index is 0.00827. The van der Waals surface area contributed by atoms with Crippen LogP contribution in [0, 0.1) is 23.3 Å². The van der Waals surface area contributed by atoms with Crippen molar-refractivity contribution in [2.75, 3.05) is 27.2 Å². The summed E-state index contributed by atoms with van der Waals surface area (Å²) in [6.45, 7) is 4.18. The fourth-order valence-corrected chi connectivity index (χ4v) is 6.89. The van der Waals surface area contributed by atoms with Crippen LogP contribution in [0.1, 0.15) is 33.1 Å². The molecule has 2 saturated heterocycles. The van der Waals surface area contributed by atoms with Gasteiger partial charge in [0.15, 0.2) is 0 Å². The molecule has 14 heteroatoms. The van der Waals surface area contributed by atoms with Crippen LogP contribution < -0.4 is 16.0 Å². The van der Waals surface area contributed by atoms with Crippen LogP contribution in [-0.4, -0.2) is 95.0 Å². The first kappa shape index (κ1) is 27.0. The quantitative estimate of drug-likeness (QED) is 0.0864. The van der Waals surface area contributed by atoms with Crippen LogP contribution in [0.4, 0.5) is 0 Å². The van der Waals surface area contributed by atoms with E-state index in [1.165, 1.54) is 21.6 Å². The number of carbonyl (C=O) groups excluding carboxylic acids is 3. The maximum atomic E-state index is 13.1. The van der Waals surface area contributed by atoms with E-state index in [9.17, 15) is 24.3 Å². The van der Waals surface area contributed by atoms with Crippen LogP contribution in [0.2, 0.25) is 0 Å². The summed E-state index contributed by atoms with van der Waals surface area (Å²) < 4.78 is 0. The number of amides is 3. The maximum absolute atomic E-state index is 13.1. The van der Waals surface area contributed by atoms with Gasteiger partial charge in [-0.25, -0.2) is 4.79 Å². The zero-order valence-electron chi connectivity index (χ0n) is 21.4. The minimum Gasteiger partial charge on any atom is -0.477 e. The topological polar surface area (TPSA) is 180 Å². The summed E-state index contributed by atoms with van der Waals surface area (Å²) in [5.41, 5.74) is 6.93. The van der Waals surface area contributed by atoms with E-state index >= 15 is 0 Å². The van der Waals surface area contributed by atoms with Gasteiger partial charge in [-0.1, -0.05) is 12.1 Å². The van der Waals surface area contributed by atoms with Gasteiger partial charge in [-0.3, -0.25) is 14.4 Å². The summed E-state index contributed by atoms with van der Waals surface area (Å²) in [4.78, 5) is 53.7. The van der Waals surface area contributed by atoms with Crippen molar-refractivity contribution in [1.29, 1.82) is 5.53 Å². The summed E-state index contributed by atoms with van der Waals surface area (Å²) in [7, 11) is 3.41. The molecule has 0 aromatic carbocycles. The Kier molecular flexibility index (Phi) is 7.88. The van der Waals surface area contributed by atoms with Crippen molar-refractivity contribution in [3.05, 3.63) is 10.6 Å². The third-order valence-corrected chi connectivity index (χ3v) is 8.91. The second-order valence-electron chi connectivity index (χ2n) is 10.3. The van der Waals surface area contributed by atoms with Crippen molar-refractivity contribution in [2.24, 2.45) is 28.1 Å². The summed E-state index contributed by atoms with van der Waals surface area (Å²) in [6, 6.07) is -1.17. The Labute approximate surface area is 219 Å². The van der Waals surface area contributed by atoms with Gasteiger partial charge in [0, 0.05) is 48.7 Å². The van der Waals surface area contributed by atoms with E-state index in [1.54, 1.807) is 21.0 Å². The highest BCUT2D eigenvalue weighted by molar-refractivity contribution is 8.03. The number of thioether (sulfide) groups is 1. The van der Waals surface area contributed by atoms with Gasteiger partial charge in [0.2, 0.25) is 17.7 Å². The molecule has 37 heavy (non-hydrogen) atoms. The molecule has 6 atom stereocenters. The van der Waals surface area contributed by atoms with Gasteiger partial charge < -0.3 is 30.9 Å². The highest BCUT2D eigenvalue weighted by Gasteiger charge is 2.60. The van der Waals surface area contributed by atoms with Crippen LogP contribution in [0.5, 0.6) is 0 Å². The van der Waals surface area contributed by atoms with Gasteiger partial charge in [0.1, 0.15) is 11.5 Å². The molecule has 0 radical (unpaired) electrons. The number of carboxylic acids is 1. The lowest BCUT2D eigenvalue weighted by atomic mass is 9.78. The second kappa shape index (κ2) is 10.8. The second-order valence-corrected chi connectivity index (χ2v) is 11.6. The molecule has 0 spiro atoms. The van der Waals surface area contributed by atoms with Crippen molar-refractivity contribution in [2.45, 2.75) is 56.5 Å². The van der Waals surface area contributed by atoms with Gasteiger partial charge in [-0.15, -0.1) is 16.9 Å². The molecular formula is C23H34N8O5S. The van der Waals surface area contributed by atoms with Crippen LogP contribution in [0.25, 0.3) is 0 Å². The third-order valence-electron chi connectivity index (χ3n) is 7.39. The van der Waals surface area contributed by atoms with E-state index in [4.69, 9.17) is 5.53 Å². The first-order chi connectivity index (χ1) is 17.5. The Morgan fingerprint density at radius 2 is 2.03 bits per heavy atom. The van der Waals surface area contributed by atoms with Gasteiger partial charge >= 0.3 is 5.97 Å². The van der Waals surface area contributed by atoms with E-state index in [2.05, 4.69) is 26.3 Å². The normalized spacial score (nSPS) is 29.9. The Balaban J connectivity index is 1.39. The lowest BCUT2D eigenvalue weighted by molar-refractivity contribution is -0.158. The summed E-state index contributed by atoms with van der Waals surface area (Å²) >= 11 is 1.43. The van der Waals surface area contributed by atoms with Crippen LogP contribution in [0.15, 0.2) is 20.9 Å². The number of aliphatic carboxylic acids is 1. The van der Waals surface area contributed by atoms with Crippen LogP contribution in [0.3, 0.4) is 0 Å². The number of fused-ring (bicyclic) bond motifs is 1. The number of hydrogen-bond donors (Lipinski definition) is 5. The van der Waals surface area contributed by atoms with Gasteiger partial charge in [-0.2, -0.15) is 5.53 Å². The molecule has 202 valence electrons. The fourth-order valence-electron chi connectivity index (χ4n) is 5.41. The third kappa shape index (κ3) is 5.35. The fraction of sp³-hybridized carbons (Fsp3) is 0.696. The highest BCUT2D eigenvalue weighted by Crippen LogP contribution is 2.51. The number of amidine groups is 1. The molecule has 13 nitrogen and oxygen atoms in total. The summed E-state index contributed by atoms with van der Waals surface area (Å²) in [5, 5.41) is 25.7. The number of nitrogens with one attached hydrogen (secondary N) is 4. The van der Waals surface area contributed by atoms with Crippen molar-refractivity contribution in [1.82, 2.24) is 25.8 Å². The molecule has 0 aromatic heterocycles. The van der Waals surface area contributed by atoms with Crippen molar-refractivity contribution in [3.8, 4) is 0 Å². The molecule has 4 aliphatic rings. The predicted octanol–water partition coefficient (Wildman–Crippen LogP) is 0.160. The van der Waals surface area contributed by atoms with Crippen LogP contribution in [-0.2, 0) is 19.2 Å². The van der Waals surface area contributed by atoms with Gasteiger partial charge in [-0.05, 0) is 26.2 Å². The number of rotatable bonds is 10. The molecule has 5 N–H and O–H groups in total. The number of β-lactam (4-membered cyclic amide) rings is 1. The summed E-state index contributed by atoms with van der Waals surface area (Å²) in [6.07, 6.45) is 2.45. The number of carboxylic acid groups (broad SMARTS) is 1. The lowest BCUT2D eigenvalue weighted by Gasteiger charge is -2.47. The number of nitrogens with zero attached hydrogens (tertiary/aromatic N) is 4. The molecule has 3 amide bonds. The van der Waals surface area contributed by atoms with Gasteiger partial charge in [0.25, 0.3) is 0 Å². The highest BCUT2D eigenvalue weighted by atomic mass is 32.2. The molecular weight excluding hydrogens is 500 g/mol. The first-order valence-corrected chi connectivity index (χ1v) is 13.3. The molecule has 0 bridgehead atoms. The SMILES string of the molecule is C[C@@H](NC(=O)CN/C(=N\N=N)C1CC1)C1C(=O)N2C(C(=O)O)=C(S[C@@H]3CN[C@H](C(=O)N(C)C)C3)[C@H](C)C12. The molecule has 3 aliphatic heterocycles. The molecule has 3 fully saturated rings. The van der Waals surface area contributed by atoms with Crippen LogP contribution >= 0.6 is 11.8 Å². The molecule has 1 aliphatic carbocycles. The Morgan fingerprint density at radius 1 is 1.32 bits per heavy atom. The van der Waals surface area contributed by atoms with E-state index in [-0.39, 0.29) is 59.1 Å². The smallest absolute Gasteiger partial charge is 0.353 e. The lowest BCUT2D eigenvalue weighted by Crippen LogP contribution is -2.66. The molecule has 2 unspecified atom stereocenters. The standard InChI is InChI=1S/C23H34N8O5S/c1-10-17-16(11(2)27-15(32)9-26-20(28-29-24)12-5-6-12)22(34)31(17)18(23(35)36)19(10)37-13-7-14(25-8-13)21(33)30(3)4/h10-14,16-17,25H,5-9H2,1-4H3,(H,27,32)(H,35,36)(H2,24,26,28)/t10-,11-,13+,14+,16?,17?/m1/s1. The van der Waals surface area contributed by atoms with Crippen molar-refractivity contribution < 1.29 is 24.3 Å². The van der Waals surface area contributed by atoms with E-state index in [0.29, 0.717) is 23.7 Å². The molecule has 4 rings (SSSR count). The predicted molar refractivity (Wildman–Crippen MR) is 135 cm³/mol. The first-order valence-electron chi connectivity index (χ1n) is 12.4. The van der Waals surface area contributed by atoms with Crippen molar-refractivity contribution in [3.63, 3.8) is 0 Å². The zero-order chi connectivity index (χ0) is 27.0. The largest absolute Gasteiger partial charge is 0.477 e. The minimum atomic E-state index is -1.15. The molecule has 1 saturated carbocycles. The molecule has 0 aromatic rings. The summed E-state index contributed by atoms with van der Waals surface area (Å²) in [5.74, 6) is -1.85. The maximum Gasteiger partial charge on any atom is 0.353 e. The Bertz CT molecular complexity index is 1060. The Hall–Kier alpha value is -3.00. The number of carbonyl (C=O) groups is 4. The van der Waals surface area contributed by atoms with Gasteiger partial charge in [0.05, 0.1) is 24.5 Å². The zero-order valence-corrected chi connectivity index (χ0v) is 22.2. The number of hydrogen-bond acceptors (Lipinski definition) is 8. The van der Waals surface area contributed by atoms with E-state index in [0.717, 1.165) is 12.8 Å². The Morgan fingerprint density at radius 3 is 2.62 bits per heavy atom. The average Bonchev–Trinajstić information content (AvgIpc) is 3.52.